The fourth-order valence-electron chi connectivity index (χ4n) is 3.20. The molecule has 0 amide bonds. The smallest absolute Gasteiger partial charge is 0.360 e. The zero-order valence-electron chi connectivity index (χ0n) is 14.3. The molecule has 10 nitrogen and oxygen atoms in total. The van der Waals surface area contributed by atoms with Gasteiger partial charge in [0, 0.05) is 0 Å². The molecule has 4 rings (SSSR count). The number of anilines is 1. The number of nitrogens with zero attached hydrogens (tertiary/aromatic N) is 6. The Morgan fingerprint density at radius 3 is 3.04 bits per heavy atom. The number of hydrogen-bond acceptors (Lipinski definition) is 9. The molecule has 138 valence electrons. The van der Waals surface area contributed by atoms with E-state index in [9.17, 15) is 4.79 Å². The number of methoxy groups -OCH3 is 1. The van der Waals surface area contributed by atoms with Gasteiger partial charge in [-0.3, -0.25) is 0 Å². The molecule has 26 heavy (non-hydrogen) atoms. The van der Waals surface area contributed by atoms with Gasteiger partial charge in [-0.1, -0.05) is 5.21 Å². The topological polar surface area (TPSA) is 104 Å². The van der Waals surface area contributed by atoms with Crippen LogP contribution in [0.3, 0.4) is 0 Å². The zero-order chi connectivity index (χ0) is 18.3. The number of halogens is 1. The van der Waals surface area contributed by atoms with E-state index in [0.29, 0.717) is 37.1 Å². The predicted molar refractivity (Wildman–Crippen MR) is 89.5 cm³/mol. The summed E-state index contributed by atoms with van der Waals surface area (Å²) in [5.74, 6) is 0.662. The van der Waals surface area contributed by atoms with Gasteiger partial charge in [0.2, 0.25) is 5.28 Å². The van der Waals surface area contributed by atoms with E-state index >= 15 is 0 Å². The Morgan fingerprint density at radius 1 is 1.38 bits per heavy atom. The van der Waals surface area contributed by atoms with Crippen LogP contribution in [0.2, 0.25) is 5.28 Å². The van der Waals surface area contributed by atoms with Crippen molar-refractivity contribution in [2.45, 2.75) is 25.6 Å². The fourth-order valence-corrected chi connectivity index (χ4v) is 3.38. The van der Waals surface area contributed by atoms with Gasteiger partial charge in [0.15, 0.2) is 17.3 Å². The van der Waals surface area contributed by atoms with E-state index in [2.05, 4.69) is 36.8 Å². The Bertz CT molecular complexity index is 844. The normalized spacial score (nSPS) is 21.6. The summed E-state index contributed by atoms with van der Waals surface area (Å²) < 4.78 is 17.6. The monoisotopic (exact) mass is 380 g/mol. The van der Waals surface area contributed by atoms with Gasteiger partial charge in [-0.25, -0.2) is 14.5 Å². The number of hydrogen-bond donors (Lipinski definition) is 0. The second-order valence-electron chi connectivity index (χ2n) is 6.14. The van der Waals surface area contributed by atoms with E-state index in [1.807, 2.05) is 0 Å². The third-order valence-corrected chi connectivity index (χ3v) is 4.51. The molecule has 0 spiro atoms. The van der Waals surface area contributed by atoms with Gasteiger partial charge < -0.3 is 19.1 Å². The molecule has 2 aromatic rings. The second kappa shape index (κ2) is 6.69. The maximum absolute atomic E-state index is 11.5. The minimum atomic E-state index is -0.555. The molecular formula is C15H17ClN6O4. The van der Waals surface area contributed by atoms with Gasteiger partial charge in [0.1, 0.15) is 12.3 Å². The quantitative estimate of drug-likeness (QED) is 0.557. The summed E-state index contributed by atoms with van der Waals surface area (Å²) in [5.41, 5.74) is 0.683. The fraction of sp³-hybridized carbons (Fsp3) is 0.533. The summed E-state index contributed by atoms with van der Waals surface area (Å²) in [5, 5.41) is 7.84. The number of rotatable bonds is 3. The van der Waals surface area contributed by atoms with Crippen molar-refractivity contribution in [2.75, 3.05) is 31.8 Å². The average Bonchev–Trinajstić information content (AvgIpc) is 3.09. The van der Waals surface area contributed by atoms with Crippen LogP contribution in [0.15, 0.2) is 6.20 Å². The lowest BCUT2D eigenvalue weighted by molar-refractivity contribution is 0.0483. The lowest BCUT2D eigenvalue weighted by atomic mass is 10.1. The molecule has 2 aliphatic heterocycles. The molecule has 1 fully saturated rings. The largest absolute Gasteiger partial charge is 0.486 e. The highest BCUT2D eigenvalue weighted by atomic mass is 35.5. The van der Waals surface area contributed by atoms with Gasteiger partial charge >= 0.3 is 5.97 Å². The van der Waals surface area contributed by atoms with Crippen molar-refractivity contribution < 1.29 is 19.0 Å². The third kappa shape index (κ3) is 2.95. The molecule has 0 unspecified atom stereocenters. The highest BCUT2D eigenvalue weighted by molar-refractivity contribution is 6.28. The Balaban J connectivity index is 1.68. The minimum absolute atomic E-state index is 0.0855. The molecule has 2 aromatic heterocycles. The number of ether oxygens (including phenoxy) is 3. The highest BCUT2D eigenvalue weighted by Crippen LogP contribution is 2.38. The Morgan fingerprint density at radius 2 is 2.23 bits per heavy atom. The van der Waals surface area contributed by atoms with Crippen molar-refractivity contribution in [3.05, 3.63) is 22.9 Å². The lowest BCUT2D eigenvalue weighted by Gasteiger charge is -2.44. The van der Waals surface area contributed by atoms with E-state index < -0.39 is 5.97 Å². The lowest BCUT2D eigenvalue weighted by Crippen LogP contribution is -2.56. The third-order valence-electron chi connectivity index (χ3n) is 4.34. The van der Waals surface area contributed by atoms with Crippen molar-refractivity contribution in [2.24, 2.45) is 0 Å². The molecule has 0 N–H and O–H groups in total. The van der Waals surface area contributed by atoms with Gasteiger partial charge in [-0.05, 0) is 18.5 Å². The molecule has 0 aliphatic carbocycles. The first-order valence-corrected chi connectivity index (χ1v) is 8.48. The Kier molecular flexibility index (Phi) is 4.37. The van der Waals surface area contributed by atoms with Crippen molar-refractivity contribution in [3.8, 4) is 5.75 Å². The molecule has 0 radical (unpaired) electrons. The van der Waals surface area contributed by atoms with Crippen LogP contribution in [-0.4, -0.2) is 69.9 Å². The predicted octanol–water partition coefficient (Wildman–Crippen LogP) is 0.542. The highest BCUT2D eigenvalue weighted by Gasteiger charge is 2.37. The van der Waals surface area contributed by atoms with E-state index in [4.69, 9.17) is 21.1 Å². The van der Waals surface area contributed by atoms with Gasteiger partial charge in [0.05, 0.1) is 45.1 Å². The maximum Gasteiger partial charge on any atom is 0.360 e. The Labute approximate surface area is 154 Å². The molecule has 11 heteroatoms. The molecule has 0 aromatic carbocycles. The molecule has 0 bridgehead atoms. The number of morpholine rings is 1. The van der Waals surface area contributed by atoms with Crippen molar-refractivity contribution >= 4 is 23.4 Å². The van der Waals surface area contributed by atoms with Crippen LogP contribution in [0.4, 0.5) is 5.82 Å². The van der Waals surface area contributed by atoms with E-state index in [-0.39, 0.29) is 29.6 Å². The SMILES string of the molecule is COC(=O)c1cn(Cc2nc(Cl)nc3c2OC[C@@H]2COC[C@@H](C)N32)nn1. The molecule has 1 saturated heterocycles. The van der Waals surface area contributed by atoms with Gasteiger partial charge in [-0.15, -0.1) is 5.10 Å². The summed E-state index contributed by atoms with van der Waals surface area (Å²) in [6.45, 7) is 3.96. The minimum Gasteiger partial charge on any atom is -0.486 e. The van der Waals surface area contributed by atoms with Crippen LogP contribution in [0, 0.1) is 0 Å². The number of carbonyl (C=O) groups excluding carboxylic acids is 1. The standard InChI is InChI=1S/C15H17ClN6O4/c1-8-5-25-6-9-7-26-12-10(17-15(16)18-13(12)22(8)9)3-21-4-11(19-20-21)14(23)24-2/h4,8-9H,3,5-7H2,1-2H3/t8-,9+/m1/s1. The summed E-state index contributed by atoms with van der Waals surface area (Å²) in [7, 11) is 1.29. The van der Waals surface area contributed by atoms with E-state index in [1.54, 1.807) is 0 Å². The summed E-state index contributed by atoms with van der Waals surface area (Å²) in [6, 6.07) is 0.231. The zero-order valence-corrected chi connectivity index (χ0v) is 15.0. The number of fused-ring (bicyclic) bond motifs is 3. The van der Waals surface area contributed by atoms with Crippen LogP contribution in [-0.2, 0) is 16.0 Å². The number of aromatic nitrogens is 5. The average molecular weight is 381 g/mol. The van der Waals surface area contributed by atoms with Crippen LogP contribution >= 0.6 is 11.6 Å². The van der Waals surface area contributed by atoms with Crippen molar-refractivity contribution in [1.82, 2.24) is 25.0 Å². The van der Waals surface area contributed by atoms with Crippen LogP contribution < -0.4 is 9.64 Å². The molecule has 0 saturated carbocycles. The number of esters is 1. The second-order valence-corrected chi connectivity index (χ2v) is 6.48. The van der Waals surface area contributed by atoms with E-state index in [1.165, 1.54) is 18.0 Å². The summed E-state index contributed by atoms with van der Waals surface area (Å²) >= 11 is 6.15. The van der Waals surface area contributed by atoms with Crippen LogP contribution in [0.1, 0.15) is 23.1 Å². The van der Waals surface area contributed by atoms with Crippen LogP contribution in [0.25, 0.3) is 0 Å². The number of carbonyl (C=O) groups is 1. The maximum atomic E-state index is 11.5. The van der Waals surface area contributed by atoms with E-state index in [0.717, 1.165) is 0 Å². The van der Waals surface area contributed by atoms with Crippen molar-refractivity contribution in [1.29, 1.82) is 0 Å². The Hall–Kier alpha value is -2.46. The summed E-state index contributed by atoms with van der Waals surface area (Å²) in [4.78, 5) is 22.4. The van der Waals surface area contributed by atoms with Gasteiger partial charge in [0.25, 0.3) is 0 Å². The molecule has 2 aliphatic rings. The first-order valence-electron chi connectivity index (χ1n) is 8.10. The molecule has 2 atom stereocenters. The molecular weight excluding hydrogens is 364 g/mol. The summed E-state index contributed by atoms with van der Waals surface area (Å²) in [6.07, 6.45) is 1.48. The first kappa shape index (κ1) is 17.0. The first-order chi connectivity index (χ1) is 12.6. The van der Waals surface area contributed by atoms with Gasteiger partial charge in [-0.2, -0.15) is 4.98 Å². The van der Waals surface area contributed by atoms with Crippen molar-refractivity contribution in [3.63, 3.8) is 0 Å². The molecule has 4 heterocycles. The van der Waals surface area contributed by atoms with Crippen LogP contribution in [0.5, 0.6) is 5.75 Å².